The molecule has 1 aromatic carbocycles. The van der Waals surface area contributed by atoms with Gasteiger partial charge >= 0.3 is 0 Å². The largest absolute Gasteiger partial charge is 0.370 e. The monoisotopic (exact) mass is 383 g/mol. The van der Waals surface area contributed by atoms with Crippen LogP contribution < -0.4 is 4.90 Å². The number of aromatic nitrogens is 4. The van der Waals surface area contributed by atoms with Crippen LogP contribution in [-0.2, 0) is 6.54 Å². The van der Waals surface area contributed by atoms with Gasteiger partial charge in [-0.2, -0.15) is 0 Å². The van der Waals surface area contributed by atoms with E-state index in [2.05, 4.69) is 64.0 Å². The van der Waals surface area contributed by atoms with Crippen LogP contribution >= 0.6 is 0 Å². The molecule has 1 unspecified atom stereocenters. The van der Waals surface area contributed by atoms with Gasteiger partial charge in [-0.15, -0.1) is 0 Å². The first-order valence-corrected chi connectivity index (χ1v) is 10.3. The van der Waals surface area contributed by atoms with Crippen molar-refractivity contribution in [2.24, 2.45) is 0 Å². The van der Waals surface area contributed by atoms with Gasteiger partial charge in [-0.25, -0.2) is 4.98 Å². The van der Waals surface area contributed by atoms with Gasteiger partial charge < -0.3 is 9.47 Å². The van der Waals surface area contributed by atoms with Crippen molar-refractivity contribution in [3.8, 4) is 0 Å². The van der Waals surface area contributed by atoms with E-state index in [1.165, 1.54) is 11.1 Å². The number of nitrogens with zero attached hydrogens (tertiary/aromatic N) is 5. The van der Waals surface area contributed by atoms with Crippen molar-refractivity contribution in [3.05, 3.63) is 84.3 Å². The van der Waals surface area contributed by atoms with E-state index in [1.807, 2.05) is 24.5 Å². The van der Waals surface area contributed by atoms with Gasteiger partial charge in [0.05, 0.1) is 17.8 Å². The van der Waals surface area contributed by atoms with E-state index in [9.17, 15) is 0 Å². The molecule has 3 aromatic heterocycles. The number of anilines is 1. The van der Waals surface area contributed by atoms with Crippen LogP contribution in [0.4, 0.5) is 5.69 Å². The molecule has 4 aromatic rings. The maximum Gasteiger partial charge on any atom is 0.113 e. The second-order valence-corrected chi connectivity index (χ2v) is 7.82. The quantitative estimate of drug-likeness (QED) is 0.518. The van der Waals surface area contributed by atoms with Gasteiger partial charge in [-0.05, 0) is 44.0 Å². The molecule has 0 aliphatic carbocycles. The molecule has 5 heteroatoms. The molecule has 1 fully saturated rings. The van der Waals surface area contributed by atoms with Crippen LogP contribution in [0.1, 0.15) is 36.0 Å². The van der Waals surface area contributed by atoms with Gasteiger partial charge in [0.1, 0.15) is 5.82 Å². The molecule has 1 aliphatic rings. The number of benzene rings is 1. The molecule has 0 N–H and O–H groups in total. The van der Waals surface area contributed by atoms with Crippen LogP contribution in [0.3, 0.4) is 0 Å². The first kappa shape index (κ1) is 17.9. The number of pyridine rings is 2. The fourth-order valence-corrected chi connectivity index (χ4v) is 4.43. The van der Waals surface area contributed by atoms with Crippen LogP contribution in [0.15, 0.2) is 67.1 Å². The highest BCUT2D eigenvalue weighted by Crippen LogP contribution is 2.33. The molecule has 1 aliphatic heterocycles. The van der Waals surface area contributed by atoms with Gasteiger partial charge in [-0.3, -0.25) is 9.97 Å². The Morgan fingerprint density at radius 3 is 2.83 bits per heavy atom. The zero-order chi connectivity index (χ0) is 19.6. The topological polar surface area (TPSA) is 46.8 Å². The molecule has 29 heavy (non-hydrogen) atoms. The number of fused-ring (bicyclic) bond motifs is 1. The maximum atomic E-state index is 4.74. The number of piperidine rings is 1. The maximum absolute atomic E-state index is 4.74. The Kier molecular flexibility index (Phi) is 4.72. The predicted molar refractivity (Wildman–Crippen MR) is 116 cm³/mol. The first-order chi connectivity index (χ1) is 14.3. The van der Waals surface area contributed by atoms with Crippen molar-refractivity contribution in [1.29, 1.82) is 0 Å². The summed E-state index contributed by atoms with van der Waals surface area (Å²) in [5, 5.41) is 1.23. The van der Waals surface area contributed by atoms with Crippen molar-refractivity contribution in [3.63, 3.8) is 0 Å². The second-order valence-electron chi connectivity index (χ2n) is 7.82. The Balaban J connectivity index is 1.44. The van der Waals surface area contributed by atoms with E-state index < -0.39 is 0 Å². The summed E-state index contributed by atoms with van der Waals surface area (Å²) in [5.41, 5.74) is 4.49. The number of imidazole rings is 1. The summed E-state index contributed by atoms with van der Waals surface area (Å²) >= 11 is 0. The summed E-state index contributed by atoms with van der Waals surface area (Å²) < 4.78 is 2.26. The van der Waals surface area contributed by atoms with E-state index in [0.29, 0.717) is 5.92 Å². The van der Waals surface area contributed by atoms with Crippen LogP contribution in [0.5, 0.6) is 0 Å². The summed E-state index contributed by atoms with van der Waals surface area (Å²) in [5.74, 6) is 1.57. The summed E-state index contributed by atoms with van der Waals surface area (Å²) in [6, 6.07) is 16.7. The molecule has 0 bridgehead atoms. The molecular weight excluding hydrogens is 358 g/mol. The van der Waals surface area contributed by atoms with E-state index in [-0.39, 0.29) is 0 Å². The van der Waals surface area contributed by atoms with Gasteiger partial charge in [0, 0.05) is 54.4 Å². The summed E-state index contributed by atoms with van der Waals surface area (Å²) in [7, 11) is 0. The lowest BCUT2D eigenvalue weighted by Gasteiger charge is -2.35. The third-order valence-corrected chi connectivity index (χ3v) is 5.76. The lowest BCUT2D eigenvalue weighted by Crippen LogP contribution is -2.35. The average Bonchev–Trinajstić information content (AvgIpc) is 3.22. The van der Waals surface area contributed by atoms with Crippen LogP contribution in [0.25, 0.3) is 10.9 Å². The molecule has 146 valence electrons. The minimum absolute atomic E-state index is 0.412. The van der Waals surface area contributed by atoms with Gasteiger partial charge in [0.25, 0.3) is 0 Å². The second kappa shape index (κ2) is 7.66. The van der Waals surface area contributed by atoms with Gasteiger partial charge in [-0.1, -0.05) is 24.3 Å². The van der Waals surface area contributed by atoms with E-state index in [0.717, 1.165) is 55.2 Å². The van der Waals surface area contributed by atoms with Crippen LogP contribution in [-0.4, -0.2) is 32.6 Å². The minimum Gasteiger partial charge on any atom is -0.370 e. The lowest BCUT2D eigenvalue weighted by atomic mass is 9.96. The zero-order valence-electron chi connectivity index (χ0n) is 16.7. The number of para-hydroxylation sites is 1. The smallest absolute Gasteiger partial charge is 0.113 e. The summed E-state index contributed by atoms with van der Waals surface area (Å²) in [6.07, 6.45) is 8.18. The standard InChI is InChI=1S/C24H25N5/c1-18-15-23(21-9-2-3-10-22(21)27-18)28-13-6-7-19(16-28)24-26-12-14-29(24)17-20-8-4-5-11-25-20/h2-5,8-12,14-15,19H,6-7,13,16-17H2,1H3. The zero-order valence-corrected chi connectivity index (χ0v) is 16.7. The molecule has 0 spiro atoms. The van der Waals surface area contributed by atoms with E-state index in [1.54, 1.807) is 0 Å². The normalized spacial score (nSPS) is 17.0. The molecule has 5 rings (SSSR count). The highest BCUT2D eigenvalue weighted by Gasteiger charge is 2.26. The predicted octanol–water partition coefficient (Wildman–Crippen LogP) is 4.57. The minimum atomic E-state index is 0.412. The van der Waals surface area contributed by atoms with Gasteiger partial charge in [0.2, 0.25) is 0 Å². The number of hydrogen-bond donors (Lipinski definition) is 0. The summed E-state index contributed by atoms with van der Waals surface area (Å²) in [4.78, 5) is 16.5. The third-order valence-electron chi connectivity index (χ3n) is 5.76. The van der Waals surface area contributed by atoms with E-state index >= 15 is 0 Å². The molecule has 1 saturated heterocycles. The molecule has 0 saturated carbocycles. The molecule has 5 nitrogen and oxygen atoms in total. The average molecular weight is 383 g/mol. The SMILES string of the molecule is Cc1cc(N2CCCC(c3nccn3Cc3ccccn3)C2)c2ccccc2n1. The van der Waals surface area contributed by atoms with Gasteiger partial charge in [0.15, 0.2) is 0 Å². The van der Waals surface area contributed by atoms with Crippen molar-refractivity contribution in [2.45, 2.75) is 32.2 Å². The fourth-order valence-electron chi connectivity index (χ4n) is 4.43. The number of hydrogen-bond acceptors (Lipinski definition) is 4. The third kappa shape index (κ3) is 3.60. The van der Waals surface area contributed by atoms with Crippen LogP contribution in [0, 0.1) is 6.92 Å². The van der Waals surface area contributed by atoms with Crippen LogP contribution in [0.2, 0.25) is 0 Å². The molecule has 0 amide bonds. The number of rotatable bonds is 4. The summed E-state index contributed by atoms with van der Waals surface area (Å²) in [6.45, 7) is 4.90. The number of aryl methyl sites for hydroxylation is 1. The Bertz CT molecular complexity index is 1120. The lowest BCUT2D eigenvalue weighted by molar-refractivity contribution is 0.476. The Morgan fingerprint density at radius 1 is 1.03 bits per heavy atom. The Hall–Kier alpha value is -3.21. The fraction of sp³-hybridized carbons (Fsp3) is 0.292. The van der Waals surface area contributed by atoms with Crippen molar-refractivity contribution >= 4 is 16.6 Å². The van der Waals surface area contributed by atoms with Crippen molar-refractivity contribution in [2.75, 3.05) is 18.0 Å². The Labute approximate surface area is 171 Å². The molecular formula is C24H25N5. The molecule has 0 radical (unpaired) electrons. The van der Waals surface area contributed by atoms with Crippen molar-refractivity contribution < 1.29 is 0 Å². The highest BCUT2D eigenvalue weighted by atomic mass is 15.2. The van der Waals surface area contributed by atoms with E-state index in [4.69, 9.17) is 9.97 Å². The molecule has 1 atom stereocenters. The Morgan fingerprint density at radius 2 is 1.93 bits per heavy atom. The molecule has 4 heterocycles. The van der Waals surface area contributed by atoms with Crippen molar-refractivity contribution in [1.82, 2.24) is 19.5 Å². The first-order valence-electron chi connectivity index (χ1n) is 10.3. The highest BCUT2D eigenvalue weighted by molar-refractivity contribution is 5.92.